The highest BCUT2D eigenvalue weighted by Crippen LogP contribution is 2.69. The summed E-state index contributed by atoms with van der Waals surface area (Å²) in [6.45, 7) is 16.3. The van der Waals surface area contributed by atoms with Crippen LogP contribution in [0.15, 0.2) is 23.0 Å². The van der Waals surface area contributed by atoms with Crippen LogP contribution in [0.2, 0.25) is 0 Å². The van der Waals surface area contributed by atoms with Crippen molar-refractivity contribution in [3.8, 4) is 0 Å². The van der Waals surface area contributed by atoms with E-state index in [0.29, 0.717) is 35.7 Å². The zero-order valence-electron chi connectivity index (χ0n) is 26.3. The molecule has 0 aromatic rings. The van der Waals surface area contributed by atoms with Crippen molar-refractivity contribution < 1.29 is 19.1 Å². The van der Waals surface area contributed by atoms with Crippen LogP contribution in [0.5, 0.6) is 0 Å². The molecule has 4 aliphatic carbocycles. The van der Waals surface area contributed by atoms with Crippen LogP contribution >= 0.6 is 0 Å². The third-order valence-electron chi connectivity index (χ3n) is 12.1. The van der Waals surface area contributed by atoms with Crippen molar-refractivity contribution in [3.05, 3.63) is 23.0 Å². The fourth-order valence-corrected chi connectivity index (χ4v) is 9.76. The molecule has 1 amide bonds. The SMILES string of the molecule is CC(=O)NC[C@H](C)CCC1=C(C)[C@@H]2[C@H](C[C@H]3[C@H]4CC=C5C[C@@H](OC(=O)CCC(C)C)CC[C@]5(C)[C@@H]4CC[C@]23C)O1. The minimum Gasteiger partial charge on any atom is -0.494 e. The van der Waals surface area contributed by atoms with E-state index in [2.05, 4.69) is 52.9 Å². The predicted molar refractivity (Wildman–Crippen MR) is 159 cm³/mol. The first-order valence-electron chi connectivity index (χ1n) is 16.4. The van der Waals surface area contributed by atoms with Gasteiger partial charge in [-0.15, -0.1) is 0 Å². The summed E-state index contributed by atoms with van der Waals surface area (Å²) in [5.74, 6) is 5.02. The summed E-state index contributed by atoms with van der Waals surface area (Å²) < 4.78 is 12.7. The van der Waals surface area contributed by atoms with Crippen molar-refractivity contribution in [2.75, 3.05) is 6.54 Å². The first-order chi connectivity index (χ1) is 18.9. The van der Waals surface area contributed by atoms with E-state index in [4.69, 9.17) is 9.47 Å². The number of nitrogens with one attached hydrogen (secondary N) is 1. The van der Waals surface area contributed by atoms with E-state index in [1.165, 1.54) is 37.0 Å². The summed E-state index contributed by atoms with van der Waals surface area (Å²) in [5.41, 5.74) is 3.67. The van der Waals surface area contributed by atoms with Gasteiger partial charge in [-0.2, -0.15) is 0 Å². The Labute approximate surface area is 243 Å². The number of amides is 1. The first kappa shape index (κ1) is 29.7. The van der Waals surface area contributed by atoms with Gasteiger partial charge >= 0.3 is 5.97 Å². The minimum atomic E-state index is -0.00695. The summed E-state index contributed by atoms with van der Waals surface area (Å²) >= 11 is 0. The molecule has 1 heterocycles. The normalized spacial score (nSPS) is 39.0. The molecule has 0 saturated heterocycles. The van der Waals surface area contributed by atoms with E-state index in [1.807, 2.05) is 0 Å². The van der Waals surface area contributed by atoms with E-state index in [9.17, 15) is 9.59 Å². The Morgan fingerprint density at radius 1 is 1.12 bits per heavy atom. The molecular weight excluding hydrogens is 498 g/mol. The van der Waals surface area contributed by atoms with Gasteiger partial charge in [-0.3, -0.25) is 9.59 Å². The zero-order chi connectivity index (χ0) is 28.8. The van der Waals surface area contributed by atoms with Gasteiger partial charge in [-0.25, -0.2) is 0 Å². The summed E-state index contributed by atoms with van der Waals surface area (Å²) in [6, 6.07) is 0. The van der Waals surface area contributed by atoms with Crippen molar-refractivity contribution in [3.63, 3.8) is 0 Å². The average molecular weight is 554 g/mol. The molecule has 224 valence electrons. The number of carbonyl (C=O) groups is 2. The standard InChI is InChI=1S/C35H55NO4/c1-21(2)8-13-32(38)39-26-14-16-34(6)25(18-26)10-11-27-28(34)15-17-35(7)29(27)19-31-33(35)23(4)30(40-31)12-9-22(3)20-36-24(5)37/h10,21-22,26-29,31,33H,8-9,11-20H2,1-7H3,(H,36,37)/t22-,26+,27+,28-,29+,31+,33-,34+,35+/m1/s1. The lowest BCUT2D eigenvalue weighted by Crippen LogP contribution is -2.50. The number of carbonyl (C=O) groups excluding carboxylic acids is 2. The molecular formula is C35H55NO4. The summed E-state index contributed by atoms with van der Waals surface area (Å²) in [5, 5.41) is 2.96. The topological polar surface area (TPSA) is 64.6 Å². The lowest BCUT2D eigenvalue weighted by molar-refractivity contribution is -0.151. The number of esters is 1. The van der Waals surface area contributed by atoms with Gasteiger partial charge in [0.05, 0.1) is 5.76 Å². The van der Waals surface area contributed by atoms with Crippen LogP contribution < -0.4 is 5.32 Å². The monoisotopic (exact) mass is 553 g/mol. The van der Waals surface area contributed by atoms with Gasteiger partial charge in [0, 0.05) is 38.6 Å². The Bertz CT molecular complexity index is 1040. The highest BCUT2D eigenvalue weighted by molar-refractivity contribution is 5.72. The average Bonchev–Trinajstić information content (AvgIpc) is 3.38. The molecule has 0 spiro atoms. The predicted octanol–water partition coefficient (Wildman–Crippen LogP) is 7.75. The van der Waals surface area contributed by atoms with Crippen LogP contribution in [-0.2, 0) is 19.1 Å². The zero-order valence-corrected chi connectivity index (χ0v) is 26.3. The number of hydrogen-bond acceptors (Lipinski definition) is 4. The molecule has 40 heavy (non-hydrogen) atoms. The molecule has 1 N–H and O–H groups in total. The molecule has 3 saturated carbocycles. The number of fused-ring (bicyclic) bond motifs is 7. The van der Waals surface area contributed by atoms with E-state index >= 15 is 0 Å². The summed E-state index contributed by atoms with van der Waals surface area (Å²) in [4.78, 5) is 23.7. The van der Waals surface area contributed by atoms with Gasteiger partial charge in [0.1, 0.15) is 12.2 Å². The van der Waals surface area contributed by atoms with Gasteiger partial charge < -0.3 is 14.8 Å². The van der Waals surface area contributed by atoms with E-state index in [-0.39, 0.29) is 23.4 Å². The van der Waals surface area contributed by atoms with E-state index in [0.717, 1.165) is 62.8 Å². The van der Waals surface area contributed by atoms with E-state index in [1.54, 1.807) is 12.5 Å². The Kier molecular flexibility index (Phi) is 8.52. The van der Waals surface area contributed by atoms with Crippen molar-refractivity contribution in [2.24, 2.45) is 46.3 Å². The Hall–Kier alpha value is -1.78. The van der Waals surface area contributed by atoms with Crippen molar-refractivity contribution >= 4 is 11.9 Å². The van der Waals surface area contributed by atoms with Crippen LogP contribution in [-0.4, -0.2) is 30.6 Å². The van der Waals surface area contributed by atoms with Gasteiger partial charge in [-0.05, 0) is 104 Å². The van der Waals surface area contributed by atoms with Gasteiger partial charge in [0.2, 0.25) is 5.91 Å². The first-order valence-corrected chi connectivity index (χ1v) is 16.4. The van der Waals surface area contributed by atoms with E-state index < -0.39 is 0 Å². The van der Waals surface area contributed by atoms with Crippen LogP contribution in [0.1, 0.15) is 119 Å². The third-order valence-corrected chi connectivity index (χ3v) is 12.1. The van der Waals surface area contributed by atoms with Gasteiger partial charge in [0.25, 0.3) is 0 Å². The second-order valence-corrected chi connectivity index (χ2v) is 15.1. The largest absolute Gasteiger partial charge is 0.494 e. The van der Waals surface area contributed by atoms with Crippen LogP contribution in [0.3, 0.4) is 0 Å². The van der Waals surface area contributed by atoms with Crippen molar-refractivity contribution in [2.45, 2.75) is 131 Å². The Morgan fingerprint density at radius 2 is 1.90 bits per heavy atom. The fraction of sp³-hybridized carbons (Fsp3) is 0.829. The lowest BCUT2D eigenvalue weighted by Gasteiger charge is -2.58. The molecule has 0 radical (unpaired) electrons. The molecule has 9 atom stereocenters. The smallest absolute Gasteiger partial charge is 0.306 e. The highest BCUT2D eigenvalue weighted by Gasteiger charge is 2.63. The quantitative estimate of drug-likeness (QED) is 0.234. The second-order valence-electron chi connectivity index (χ2n) is 15.1. The number of hydrogen-bond donors (Lipinski definition) is 1. The second kappa shape index (κ2) is 11.5. The highest BCUT2D eigenvalue weighted by atomic mass is 16.5. The van der Waals surface area contributed by atoms with Crippen LogP contribution in [0.4, 0.5) is 0 Å². The molecule has 0 unspecified atom stereocenters. The van der Waals surface area contributed by atoms with Crippen LogP contribution in [0.25, 0.3) is 0 Å². The van der Waals surface area contributed by atoms with Crippen molar-refractivity contribution in [1.82, 2.24) is 5.32 Å². The summed E-state index contributed by atoms with van der Waals surface area (Å²) in [6.07, 6.45) is 14.5. The molecule has 1 aliphatic heterocycles. The molecule has 5 aliphatic rings. The van der Waals surface area contributed by atoms with Gasteiger partial charge in [-0.1, -0.05) is 46.3 Å². The lowest BCUT2D eigenvalue weighted by atomic mass is 9.47. The maximum Gasteiger partial charge on any atom is 0.306 e. The number of rotatable bonds is 9. The Morgan fingerprint density at radius 3 is 2.62 bits per heavy atom. The minimum absolute atomic E-state index is 0.00695. The molecule has 5 heteroatoms. The van der Waals surface area contributed by atoms with Crippen LogP contribution in [0, 0.1) is 46.3 Å². The molecule has 5 rings (SSSR count). The van der Waals surface area contributed by atoms with Gasteiger partial charge in [0.15, 0.2) is 0 Å². The molecule has 3 fully saturated rings. The molecule has 5 nitrogen and oxygen atoms in total. The third kappa shape index (κ3) is 5.52. The van der Waals surface area contributed by atoms with Crippen molar-refractivity contribution in [1.29, 1.82) is 0 Å². The number of ether oxygens (including phenoxy) is 2. The maximum atomic E-state index is 12.4. The Balaban J connectivity index is 1.23. The fourth-order valence-electron chi connectivity index (χ4n) is 9.76. The molecule has 0 bridgehead atoms. The maximum absolute atomic E-state index is 12.4. The summed E-state index contributed by atoms with van der Waals surface area (Å²) in [7, 11) is 0. The molecule has 0 aromatic carbocycles. The number of allylic oxidation sites excluding steroid dienone is 2. The molecule has 0 aromatic heterocycles.